The van der Waals surface area contributed by atoms with Crippen LogP contribution in [0, 0.1) is 0 Å². The van der Waals surface area contributed by atoms with Crippen molar-refractivity contribution in [1.82, 2.24) is 0 Å². The molecule has 2 aliphatic rings. The Morgan fingerprint density at radius 3 is 2.61 bits per heavy atom. The maximum Gasteiger partial charge on any atom is 0.302 e. The second kappa shape index (κ2) is 5.52. The number of rotatable bonds is 2. The number of aliphatic hydroxyl groups is 2. The van der Waals surface area contributed by atoms with Crippen LogP contribution in [0.25, 0.3) is 0 Å². The molecule has 0 aromatic carbocycles. The number of fused-ring (bicyclic) bond motifs is 1. The molecule has 0 amide bonds. The van der Waals surface area contributed by atoms with E-state index in [9.17, 15) is 9.90 Å². The topological polar surface area (TPSA) is 85.2 Å². The largest absolute Gasteiger partial charge is 0.460 e. The zero-order chi connectivity index (χ0) is 13.3. The first-order valence-corrected chi connectivity index (χ1v) is 6.28. The van der Waals surface area contributed by atoms with Gasteiger partial charge in [0.15, 0.2) is 0 Å². The lowest BCUT2D eigenvalue weighted by molar-refractivity contribution is -0.248. The maximum atomic E-state index is 11.0. The van der Waals surface area contributed by atoms with Gasteiger partial charge in [0.2, 0.25) is 0 Å². The van der Waals surface area contributed by atoms with Crippen LogP contribution in [-0.2, 0) is 19.0 Å². The minimum atomic E-state index is -0.714. The minimum absolute atomic E-state index is 0.204. The van der Waals surface area contributed by atoms with Crippen molar-refractivity contribution in [3.05, 3.63) is 0 Å². The molecule has 0 saturated carbocycles. The van der Waals surface area contributed by atoms with Crippen molar-refractivity contribution in [2.75, 3.05) is 6.61 Å². The highest BCUT2D eigenvalue weighted by Crippen LogP contribution is 2.32. The number of esters is 1. The van der Waals surface area contributed by atoms with Crippen molar-refractivity contribution >= 4 is 5.97 Å². The van der Waals surface area contributed by atoms with Crippen LogP contribution >= 0.6 is 0 Å². The Bertz CT molecular complexity index is 307. The summed E-state index contributed by atoms with van der Waals surface area (Å²) in [5.41, 5.74) is 0. The summed E-state index contributed by atoms with van der Waals surface area (Å²) in [7, 11) is 0. The number of carbonyl (C=O) groups is 1. The molecule has 2 saturated heterocycles. The van der Waals surface area contributed by atoms with Crippen LogP contribution in [0.2, 0.25) is 0 Å². The summed E-state index contributed by atoms with van der Waals surface area (Å²) in [6, 6.07) is 0. The fourth-order valence-corrected chi connectivity index (χ4v) is 2.60. The molecule has 2 N–H and O–H groups in total. The summed E-state index contributed by atoms with van der Waals surface area (Å²) in [5, 5.41) is 18.9. The summed E-state index contributed by atoms with van der Waals surface area (Å²) >= 11 is 0. The molecule has 0 aromatic heterocycles. The molecule has 104 valence electrons. The third-order valence-corrected chi connectivity index (χ3v) is 3.54. The fraction of sp³-hybridized carbons (Fsp3) is 0.917. The molecule has 2 fully saturated rings. The fourth-order valence-electron chi connectivity index (χ4n) is 2.60. The van der Waals surface area contributed by atoms with E-state index in [2.05, 4.69) is 0 Å². The lowest BCUT2D eigenvalue weighted by Gasteiger charge is -2.45. The highest BCUT2D eigenvalue weighted by atomic mass is 16.6. The lowest BCUT2D eigenvalue weighted by atomic mass is 9.91. The second-order valence-corrected chi connectivity index (χ2v) is 4.96. The van der Waals surface area contributed by atoms with Gasteiger partial charge in [0.1, 0.15) is 12.2 Å². The highest BCUT2D eigenvalue weighted by molar-refractivity contribution is 5.66. The number of aliphatic hydroxyl groups excluding tert-OH is 2. The summed E-state index contributed by atoms with van der Waals surface area (Å²) in [5.74, 6) is -0.344. The first kappa shape index (κ1) is 13.7. The molecule has 2 heterocycles. The van der Waals surface area contributed by atoms with Crippen LogP contribution in [0.15, 0.2) is 0 Å². The average molecular weight is 260 g/mol. The molecular formula is C12H20O6. The van der Waals surface area contributed by atoms with Crippen molar-refractivity contribution in [1.29, 1.82) is 0 Å². The van der Waals surface area contributed by atoms with E-state index < -0.39 is 12.2 Å². The van der Waals surface area contributed by atoms with Gasteiger partial charge in [0.05, 0.1) is 31.0 Å². The molecule has 0 spiro atoms. The van der Waals surface area contributed by atoms with Crippen molar-refractivity contribution in [3.8, 4) is 0 Å². The smallest absolute Gasteiger partial charge is 0.302 e. The summed E-state index contributed by atoms with van der Waals surface area (Å²) in [6.07, 6.45) is -1.32. The van der Waals surface area contributed by atoms with E-state index in [1.807, 2.05) is 6.92 Å². The lowest BCUT2D eigenvalue weighted by Crippen LogP contribution is -2.56. The Hall–Kier alpha value is -0.690. The summed E-state index contributed by atoms with van der Waals surface area (Å²) < 4.78 is 16.5. The predicted molar refractivity (Wildman–Crippen MR) is 60.9 cm³/mol. The van der Waals surface area contributed by atoms with Crippen molar-refractivity contribution in [2.24, 2.45) is 0 Å². The number of hydrogen-bond acceptors (Lipinski definition) is 6. The molecule has 2 aliphatic heterocycles. The van der Waals surface area contributed by atoms with Gasteiger partial charge < -0.3 is 24.4 Å². The van der Waals surface area contributed by atoms with Crippen molar-refractivity contribution in [3.63, 3.8) is 0 Å². The van der Waals surface area contributed by atoms with E-state index in [1.54, 1.807) is 0 Å². The van der Waals surface area contributed by atoms with Crippen LogP contribution < -0.4 is 0 Å². The monoisotopic (exact) mass is 260 g/mol. The molecule has 0 unspecified atom stereocenters. The van der Waals surface area contributed by atoms with Gasteiger partial charge >= 0.3 is 5.97 Å². The van der Waals surface area contributed by atoms with Crippen molar-refractivity contribution < 1.29 is 29.2 Å². The zero-order valence-electron chi connectivity index (χ0n) is 10.6. The van der Waals surface area contributed by atoms with E-state index in [1.165, 1.54) is 6.92 Å². The third-order valence-electron chi connectivity index (χ3n) is 3.54. The van der Waals surface area contributed by atoms with Gasteiger partial charge in [-0.3, -0.25) is 4.79 Å². The van der Waals surface area contributed by atoms with Gasteiger partial charge in [-0.25, -0.2) is 0 Å². The second-order valence-electron chi connectivity index (χ2n) is 4.96. The van der Waals surface area contributed by atoms with Crippen LogP contribution in [0.4, 0.5) is 0 Å². The maximum absolute atomic E-state index is 11.0. The summed E-state index contributed by atoms with van der Waals surface area (Å²) in [6.45, 7) is 2.98. The Morgan fingerprint density at radius 2 is 2.00 bits per heavy atom. The molecule has 6 nitrogen and oxygen atoms in total. The van der Waals surface area contributed by atoms with Gasteiger partial charge in [0.25, 0.3) is 0 Å². The molecule has 6 atom stereocenters. The van der Waals surface area contributed by atoms with E-state index in [0.29, 0.717) is 12.8 Å². The van der Waals surface area contributed by atoms with Crippen LogP contribution in [0.1, 0.15) is 26.7 Å². The highest BCUT2D eigenvalue weighted by Gasteiger charge is 2.44. The van der Waals surface area contributed by atoms with E-state index in [4.69, 9.17) is 19.3 Å². The Kier molecular flexibility index (Phi) is 4.21. The van der Waals surface area contributed by atoms with Gasteiger partial charge in [-0.05, 0) is 6.92 Å². The molecular weight excluding hydrogens is 240 g/mol. The Balaban J connectivity index is 2.00. The Labute approximate surface area is 106 Å². The molecule has 2 rings (SSSR count). The number of carbonyl (C=O) groups excluding carboxylic acids is 1. The average Bonchev–Trinajstić information content (AvgIpc) is 2.29. The van der Waals surface area contributed by atoms with Gasteiger partial charge in [-0.15, -0.1) is 0 Å². The van der Waals surface area contributed by atoms with Crippen molar-refractivity contribution in [2.45, 2.75) is 63.3 Å². The molecule has 18 heavy (non-hydrogen) atoms. The third kappa shape index (κ3) is 2.83. The van der Waals surface area contributed by atoms with Crippen LogP contribution in [-0.4, -0.2) is 59.4 Å². The predicted octanol–water partition coefficient (Wildman–Crippen LogP) is -0.394. The van der Waals surface area contributed by atoms with E-state index in [-0.39, 0.29) is 37.0 Å². The minimum Gasteiger partial charge on any atom is -0.460 e. The molecule has 6 heteroatoms. The van der Waals surface area contributed by atoms with Gasteiger partial charge in [0, 0.05) is 19.8 Å². The number of hydrogen-bond donors (Lipinski definition) is 2. The first-order chi connectivity index (χ1) is 8.51. The molecule has 0 bridgehead atoms. The molecule has 0 radical (unpaired) electrons. The van der Waals surface area contributed by atoms with Gasteiger partial charge in [-0.1, -0.05) is 0 Å². The molecule has 0 aliphatic carbocycles. The standard InChI is InChI=1S/C12H20O6/c1-6-9(17-7(2)14)4-11-10(16-6)3-8(15)12(5-13)18-11/h6,8-13,15H,3-5H2,1-2H3/t6-,8-,9+,10+,11-,12+/m0/s1. The summed E-state index contributed by atoms with van der Waals surface area (Å²) in [4.78, 5) is 11.0. The zero-order valence-corrected chi connectivity index (χ0v) is 10.6. The number of ether oxygens (including phenoxy) is 3. The first-order valence-electron chi connectivity index (χ1n) is 6.28. The Morgan fingerprint density at radius 1 is 1.33 bits per heavy atom. The van der Waals surface area contributed by atoms with Crippen LogP contribution in [0.5, 0.6) is 0 Å². The normalized spacial score (nSPS) is 44.2. The van der Waals surface area contributed by atoms with E-state index in [0.717, 1.165) is 0 Å². The van der Waals surface area contributed by atoms with Crippen LogP contribution in [0.3, 0.4) is 0 Å². The van der Waals surface area contributed by atoms with E-state index >= 15 is 0 Å². The SMILES string of the molecule is CC(=O)O[C@@H]1C[C@@H]2O[C@H](CO)[C@@H](O)C[C@H]2O[C@H]1C. The molecule has 0 aromatic rings. The van der Waals surface area contributed by atoms with Gasteiger partial charge in [-0.2, -0.15) is 0 Å². The quantitative estimate of drug-likeness (QED) is 0.658.